The first-order chi connectivity index (χ1) is 9.81. The number of nitrogens with zero attached hydrogens (tertiary/aromatic N) is 1. The van der Waals surface area contributed by atoms with Crippen LogP contribution in [0.2, 0.25) is 0 Å². The van der Waals surface area contributed by atoms with Crippen molar-refractivity contribution in [3.8, 4) is 0 Å². The van der Waals surface area contributed by atoms with Crippen molar-refractivity contribution in [2.75, 3.05) is 18.1 Å². The van der Waals surface area contributed by atoms with Gasteiger partial charge in [-0.05, 0) is 25.3 Å². The average molecular weight is 275 g/mol. The van der Waals surface area contributed by atoms with E-state index in [1.54, 1.807) is 0 Å². The minimum absolute atomic E-state index is 0.365. The van der Waals surface area contributed by atoms with E-state index in [9.17, 15) is 5.11 Å². The topological polar surface area (TPSA) is 32.7 Å². The second kappa shape index (κ2) is 6.15. The molecule has 3 rings (SSSR count). The molecule has 2 fully saturated rings. The lowest BCUT2D eigenvalue weighted by molar-refractivity contribution is -0.00890. The maximum Gasteiger partial charge on any atom is 0.0807 e. The van der Waals surface area contributed by atoms with E-state index in [0.29, 0.717) is 12.1 Å². The van der Waals surface area contributed by atoms with Crippen LogP contribution in [0.3, 0.4) is 0 Å². The van der Waals surface area contributed by atoms with Crippen LogP contribution in [0.25, 0.3) is 0 Å². The predicted octanol–water partition coefficient (Wildman–Crippen LogP) is 3.28. The van der Waals surface area contributed by atoms with Gasteiger partial charge in [0.1, 0.15) is 0 Å². The summed E-state index contributed by atoms with van der Waals surface area (Å²) in [6.45, 7) is 3.77. The van der Waals surface area contributed by atoms with E-state index in [1.165, 1.54) is 31.4 Å². The molecule has 1 N–H and O–H groups in total. The first-order valence-electron chi connectivity index (χ1n) is 7.96. The zero-order chi connectivity index (χ0) is 13.9. The van der Waals surface area contributed by atoms with Crippen LogP contribution in [0.4, 0.5) is 5.69 Å². The molecule has 1 heterocycles. The molecule has 3 atom stereocenters. The van der Waals surface area contributed by atoms with E-state index < -0.39 is 0 Å². The highest BCUT2D eigenvalue weighted by Gasteiger charge is 2.35. The van der Waals surface area contributed by atoms with E-state index in [1.807, 2.05) is 13.0 Å². The average Bonchev–Trinajstić information content (AvgIpc) is 2.53. The van der Waals surface area contributed by atoms with E-state index in [4.69, 9.17) is 4.74 Å². The number of aliphatic hydroxyl groups excluding tert-OH is 1. The first kappa shape index (κ1) is 13.9. The lowest BCUT2D eigenvalue weighted by Gasteiger charge is -2.46. The Bertz CT molecular complexity index is 446. The lowest BCUT2D eigenvalue weighted by atomic mass is 9.89. The number of para-hydroxylation sites is 1. The highest BCUT2D eigenvalue weighted by molar-refractivity contribution is 5.56. The molecule has 0 radical (unpaired) electrons. The standard InChI is InChI=1S/C17H25NO2/c1-2-16(19)13-7-3-4-8-14(13)18-11-12-20-17-10-6-5-9-15(17)18/h3-4,7-8,15-17,19H,2,5-6,9-12H2,1H3/t15?,16-,17?/m0/s1. The lowest BCUT2D eigenvalue weighted by Crippen LogP contribution is -2.53. The van der Waals surface area contributed by atoms with E-state index >= 15 is 0 Å². The second-order valence-corrected chi connectivity index (χ2v) is 5.94. The number of hydrogen-bond acceptors (Lipinski definition) is 3. The number of ether oxygens (including phenoxy) is 1. The Kier molecular flexibility index (Phi) is 4.27. The Morgan fingerprint density at radius 3 is 2.95 bits per heavy atom. The van der Waals surface area contributed by atoms with Gasteiger partial charge in [-0.2, -0.15) is 0 Å². The van der Waals surface area contributed by atoms with Gasteiger partial charge < -0.3 is 14.7 Å². The molecule has 1 aromatic rings. The molecule has 0 bridgehead atoms. The Hall–Kier alpha value is -1.06. The molecule has 0 aromatic heterocycles. The van der Waals surface area contributed by atoms with Gasteiger partial charge in [0.05, 0.1) is 24.9 Å². The highest BCUT2D eigenvalue weighted by atomic mass is 16.5. The van der Waals surface area contributed by atoms with Crippen LogP contribution in [-0.4, -0.2) is 30.4 Å². The third-order valence-electron chi connectivity index (χ3n) is 4.72. The molecule has 2 aliphatic rings. The zero-order valence-corrected chi connectivity index (χ0v) is 12.3. The summed E-state index contributed by atoms with van der Waals surface area (Å²) in [4.78, 5) is 2.49. The van der Waals surface area contributed by atoms with Gasteiger partial charge in [-0.25, -0.2) is 0 Å². The van der Waals surface area contributed by atoms with Crippen molar-refractivity contribution in [3.05, 3.63) is 29.8 Å². The summed E-state index contributed by atoms with van der Waals surface area (Å²) in [7, 11) is 0. The van der Waals surface area contributed by atoms with Gasteiger partial charge in [0.15, 0.2) is 0 Å². The zero-order valence-electron chi connectivity index (χ0n) is 12.3. The van der Waals surface area contributed by atoms with E-state index in [0.717, 1.165) is 25.1 Å². The summed E-state index contributed by atoms with van der Waals surface area (Å²) < 4.78 is 5.96. The van der Waals surface area contributed by atoms with Crippen molar-refractivity contribution in [2.24, 2.45) is 0 Å². The summed E-state index contributed by atoms with van der Waals surface area (Å²) in [6.07, 6.45) is 5.74. The van der Waals surface area contributed by atoms with Gasteiger partial charge in [0.2, 0.25) is 0 Å². The largest absolute Gasteiger partial charge is 0.388 e. The number of fused-ring (bicyclic) bond motifs is 1. The molecule has 1 aromatic carbocycles. The van der Waals surface area contributed by atoms with Gasteiger partial charge >= 0.3 is 0 Å². The van der Waals surface area contributed by atoms with Crippen LogP contribution in [0.5, 0.6) is 0 Å². The van der Waals surface area contributed by atoms with Crippen LogP contribution in [0.15, 0.2) is 24.3 Å². The fraction of sp³-hybridized carbons (Fsp3) is 0.647. The SMILES string of the molecule is CC[C@H](O)c1ccccc1N1CCOC2CCCCC21. The third-order valence-corrected chi connectivity index (χ3v) is 4.72. The van der Waals surface area contributed by atoms with Crippen molar-refractivity contribution in [1.82, 2.24) is 0 Å². The van der Waals surface area contributed by atoms with Crippen LogP contribution in [0, 0.1) is 0 Å². The summed E-state index contributed by atoms with van der Waals surface area (Å²) in [6, 6.07) is 8.82. The fourth-order valence-corrected chi connectivity index (χ4v) is 3.65. The fourth-order valence-electron chi connectivity index (χ4n) is 3.65. The molecular weight excluding hydrogens is 250 g/mol. The molecule has 1 saturated carbocycles. The molecule has 3 nitrogen and oxygen atoms in total. The summed E-state index contributed by atoms with van der Waals surface area (Å²) >= 11 is 0. The van der Waals surface area contributed by atoms with Crippen molar-refractivity contribution in [2.45, 2.75) is 57.3 Å². The second-order valence-electron chi connectivity index (χ2n) is 5.94. The molecular formula is C17H25NO2. The number of benzene rings is 1. The molecule has 3 heteroatoms. The van der Waals surface area contributed by atoms with Gasteiger partial charge in [-0.3, -0.25) is 0 Å². The van der Waals surface area contributed by atoms with E-state index in [-0.39, 0.29) is 6.10 Å². The van der Waals surface area contributed by atoms with Gasteiger partial charge in [0.25, 0.3) is 0 Å². The Labute approximate surface area is 121 Å². The Morgan fingerprint density at radius 1 is 1.30 bits per heavy atom. The summed E-state index contributed by atoms with van der Waals surface area (Å²) in [5.41, 5.74) is 2.28. The van der Waals surface area contributed by atoms with Crippen LogP contribution in [-0.2, 0) is 4.74 Å². The summed E-state index contributed by atoms with van der Waals surface area (Å²) in [5, 5.41) is 10.3. The molecule has 110 valence electrons. The molecule has 20 heavy (non-hydrogen) atoms. The van der Waals surface area contributed by atoms with Crippen molar-refractivity contribution in [3.63, 3.8) is 0 Å². The smallest absolute Gasteiger partial charge is 0.0807 e. The van der Waals surface area contributed by atoms with Crippen LogP contribution >= 0.6 is 0 Å². The Morgan fingerprint density at radius 2 is 2.10 bits per heavy atom. The maximum absolute atomic E-state index is 10.3. The molecule has 1 aliphatic carbocycles. The normalized spacial score (nSPS) is 28.0. The number of aliphatic hydroxyl groups is 1. The third kappa shape index (κ3) is 2.57. The summed E-state index contributed by atoms with van der Waals surface area (Å²) in [5.74, 6) is 0. The van der Waals surface area contributed by atoms with Gasteiger partial charge in [-0.15, -0.1) is 0 Å². The highest BCUT2D eigenvalue weighted by Crippen LogP contribution is 2.35. The molecule has 1 saturated heterocycles. The molecule has 2 unspecified atom stereocenters. The number of morpholine rings is 1. The molecule has 1 aliphatic heterocycles. The van der Waals surface area contributed by atoms with E-state index in [2.05, 4.69) is 23.1 Å². The monoisotopic (exact) mass is 275 g/mol. The van der Waals surface area contributed by atoms with Crippen LogP contribution < -0.4 is 4.90 Å². The predicted molar refractivity (Wildman–Crippen MR) is 81.0 cm³/mol. The van der Waals surface area contributed by atoms with Crippen molar-refractivity contribution in [1.29, 1.82) is 0 Å². The van der Waals surface area contributed by atoms with Crippen molar-refractivity contribution >= 4 is 5.69 Å². The van der Waals surface area contributed by atoms with Gasteiger partial charge in [-0.1, -0.05) is 38.0 Å². The maximum atomic E-state index is 10.3. The quantitative estimate of drug-likeness (QED) is 0.919. The molecule has 0 amide bonds. The number of anilines is 1. The number of rotatable bonds is 3. The first-order valence-corrected chi connectivity index (χ1v) is 7.96. The minimum Gasteiger partial charge on any atom is -0.388 e. The number of hydrogen-bond donors (Lipinski definition) is 1. The van der Waals surface area contributed by atoms with Crippen molar-refractivity contribution < 1.29 is 9.84 Å². The van der Waals surface area contributed by atoms with Crippen LogP contribution in [0.1, 0.15) is 50.7 Å². The van der Waals surface area contributed by atoms with Gasteiger partial charge in [0, 0.05) is 17.8 Å². The molecule has 0 spiro atoms. The Balaban J connectivity index is 1.91. The minimum atomic E-state index is -0.365.